The molecule has 1 saturated heterocycles. The molecule has 3 heteroatoms. The van der Waals surface area contributed by atoms with Gasteiger partial charge in [-0.15, -0.1) is 0 Å². The second kappa shape index (κ2) is 3.98. The van der Waals surface area contributed by atoms with Gasteiger partial charge in [-0.1, -0.05) is 0 Å². The SMILES string of the molecule is C[CH2][In]1[CH2]N(C)CC[N]1C. The average molecular weight is 244 g/mol. The van der Waals surface area contributed by atoms with E-state index in [4.69, 9.17) is 0 Å². The van der Waals surface area contributed by atoms with E-state index in [-0.39, 0.29) is 0 Å². The fourth-order valence-electron chi connectivity index (χ4n) is 1.54. The van der Waals surface area contributed by atoms with E-state index in [0.29, 0.717) is 0 Å². The van der Waals surface area contributed by atoms with Gasteiger partial charge in [0.2, 0.25) is 0 Å². The molecule has 1 aliphatic heterocycles. The molecule has 0 aromatic rings. The molecule has 2 nitrogen and oxygen atoms in total. The third-order valence-corrected chi connectivity index (χ3v) is 12.4. The molecule has 1 rings (SSSR count). The normalized spacial score (nSPS) is 23.7. The van der Waals surface area contributed by atoms with Crippen LogP contribution in [0.4, 0.5) is 0 Å². The molecule has 0 bridgehead atoms. The third kappa shape index (κ3) is 2.14. The molecule has 0 aromatic carbocycles. The molecule has 0 spiro atoms. The molecule has 0 saturated carbocycles. The number of likely N-dealkylation sites (N-methyl/N-ethyl adjacent to an activating group) is 2. The van der Waals surface area contributed by atoms with E-state index in [9.17, 15) is 0 Å². The van der Waals surface area contributed by atoms with Crippen molar-refractivity contribution >= 4 is 21.7 Å². The van der Waals surface area contributed by atoms with E-state index in [1.807, 2.05) is 0 Å². The van der Waals surface area contributed by atoms with E-state index < -0.39 is 21.7 Å². The van der Waals surface area contributed by atoms with E-state index in [2.05, 4.69) is 28.8 Å². The molecule has 0 radical (unpaired) electrons. The number of hydrogen-bond donors (Lipinski definition) is 0. The van der Waals surface area contributed by atoms with Crippen LogP contribution in [0.2, 0.25) is 4.18 Å². The van der Waals surface area contributed by atoms with Gasteiger partial charge in [0.1, 0.15) is 0 Å². The van der Waals surface area contributed by atoms with Gasteiger partial charge in [0.25, 0.3) is 0 Å². The molecule has 0 aliphatic carbocycles. The first-order valence-corrected chi connectivity index (χ1v) is 10.3. The third-order valence-electron chi connectivity index (χ3n) is 2.45. The molecule has 0 unspecified atom stereocenters. The van der Waals surface area contributed by atoms with Crippen molar-refractivity contribution in [1.82, 2.24) is 7.79 Å². The van der Waals surface area contributed by atoms with Crippen LogP contribution in [0.15, 0.2) is 0 Å². The van der Waals surface area contributed by atoms with Crippen molar-refractivity contribution in [2.75, 3.05) is 31.5 Å². The standard InChI is InChI=1S/C5H12N2.C2H5.In/c1-6-4-5-7(2)3;1-2;/h2,4-5H2,1,3H3;1H2,2H3;/q-1;;+1. The van der Waals surface area contributed by atoms with Crippen molar-refractivity contribution in [1.29, 1.82) is 0 Å². The quantitative estimate of drug-likeness (QED) is 0.659. The Balaban J connectivity index is 2.38. The molecule has 0 amide bonds. The Labute approximate surface area is 72.1 Å². The van der Waals surface area contributed by atoms with E-state index in [0.717, 1.165) is 0 Å². The second-order valence-electron chi connectivity index (χ2n) is 3.30. The summed E-state index contributed by atoms with van der Waals surface area (Å²) < 4.78 is 5.61. The minimum absolute atomic E-state index is 1.16. The predicted octanol–water partition coefficient (Wildman–Crippen LogP) is 0.414. The van der Waals surface area contributed by atoms with Crippen LogP contribution in [0, 0.1) is 0 Å². The van der Waals surface area contributed by atoms with Gasteiger partial charge in [0.05, 0.1) is 0 Å². The fraction of sp³-hybridized carbons (Fsp3) is 1.00. The topological polar surface area (TPSA) is 6.48 Å². The van der Waals surface area contributed by atoms with Gasteiger partial charge in [0.15, 0.2) is 0 Å². The van der Waals surface area contributed by atoms with E-state index in [1.54, 1.807) is 0 Å². The molecule has 0 N–H and O–H groups in total. The van der Waals surface area contributed by atoms with Crippen molar-refractivity contribution in [3.63, 3.8) is 0 Å². The molecular formula is C7H17InN2. The van der Waals surface area contributed by atoms with Crippen LogP contribution in [0.5, 0.6) is 0 Å². The summed E-state index contributed by atoms with van der Waals surface area (Å²) in [6.07, 6.45) is 0. The van der Waals surface area contributed by atoms with Gasteiger partial charge in [-0.25, -0.2) is 0 Å². The minimum atomic E-state index is -1.16. The molecule has 1 aliphatic rings. The molecule has 1 fully saturated rings. The summed E-state index contributed by atoms with van der Waals surface area (Å²) in [6, 6.07) is 0. The van der Waals surface area contributed by atoms with Crippen LogP contribution in [0.25, 0.3) is 0 Å². The van der Waals surface area contributed by atoms with Gasteiger partial charge in [0, 0.05) is 0 Å². The summed E-state index contributed by atoms with van der Waals surface area (Å²) in [5.41, 5.74) is 0. The number of nitrogens with zero attached hydrogens (tertiary/aromatic N) is 2. The molecule has 10 heavy (non-hydrogen) atoms. The van der Waals surface area contributed by atoms with Crippen LogP contribution in [-0.4, -0.2) is 61.0 Å². The second-order valence-corrected chi connectivity index (χ2v) is 12.9. The zero-order chi connectivity index (χ0) is 7.56. The zero-order valence-corrected chi connectivity index (χ0v) is 10.6. The average Bonchev–Trinajstić information content (AvgIpc) is 1.94. The van der Waals surface area contributed by atoms with E-state index >= 15 is 0 Å². The number of rotatable bonds is 1. The van der Waals surface area contributed by atoms with Gasteiger partial charge >= 0.3 is 72.1 Å². The summed E-state index contributed by atoms with van der Waals surface area (Å²) in [4.78, 5) is 2.50. The van der Waals surface area contributed by atoms with Crippen molar-refractivity contribution < 1.29 is 0 Å². The Kier molecular flexibility index (Phi) is 3.53. The predicted molar refractivity (Wildman–Crippen MR) is 46.4 cm³/mol. The van der Waals surface area contributed by atoms with Crippen LogP contribution >= 0.6 is 0 Å². The van der Waals surface area contributed by atoms with Crippen molar-refractivity contribution in [3.8, 4) is 0 Å². The van der Waals surface area contributed by atoms with Crippen LogP contribution < -0.4 is 0 Å². The Morgan fingerprint density at radius 1 is 1.30 bits per heavy atom. The first-order chi connectivity index (χ1) is 4.74. The van der Waals surface area contributed by atoms with E-state index in [1.165, 1.54) is 21.6 Å². The van der Waals surface area contributed by atoms with Gasteiger partial charge in [-0.05, 0) is 0 Å². The van der Waals surface area contributed by atoms with Crippen LogP contribution in [0.1, 0.15) is 6.92 Å². The molecule has 0 aromatic heterocycles. The van der Waals surface area contributed by atoms with Gasteiger partial charge in [-0.2, -0.15) is 0 Å². The Bertz CT molecular complexity index is 108. The van der Waals surface area contributed by atoms with Gasteiger partial charge in [-0.3, -0.25) is 0 Å². The molecular weight excluding hydrogens is 227 g/mol. The molecule has 58 valence electrons. The summed E-state index contributed by atoms with van der Waals surface area (Å²) >= 11 is -1.16. The maximum atomic E-state index is 2.67. The van der Waals surface area contributed by atoms with Crippen LogP contribution in [-0.2, 0) is 0 Å². The monoisotopic (exact) mass is 244 g/mol. The Morgan fingerprint density at radius 2 is 2.00 bits per heavy atom. The van der Waals surface area contributed by atoms with Crippen molar-refractivity contribution in [2.24, 2.45) is 0 Å². The summed E-state index contributed by atoms with van der Waals surface area (Å²) in [5.74, 6) is 0. The zero-order valence-electron chi connectivity index (χ0n) is 7.30. The first-order valence-electron chi connectivity index (χ1n) is 4.12. The number of hydrogen-bond acceptors (Lipinski definition) is 2. The first kappa shape index (κ1) is 8.88. The van der Waals surface area contributed by atoms with Crippen LogP contribution in [0.3, 0.4) is 0 Å². The summed E-state index contributed by atoms with van der Waals surface area (Å²) in [7, 11) is 4.57. The summed E-state index contributed by atoms with van der Waals surface area (Å²) in [6.45, 7) is 4.96. The Morgan fingerprint density at radius 3 is 2.50 bits per heavy atom. The summed E-state index contributed by atoms with van der Waals surface area (Å²) in [5, 5.41) is 0. The van der Waals surface area contributed by atoms with Crippen molar-refractivity contribution in [2.45, 2.75) is 11.1 Å². The Hall–Kier alpha value is 0.790. The van der Waals surface area contributed by atoms with Crippen molar-refractivity contribution in [3.05, 3.63) is 0 Å². The fourth-order valence-corrected chi connectivity index (χ4v) is 8.80. The molecule has 0 atom stereocenters. The molecule has 1 heterocycles. The van der Waals surface area contributed by atoms with Gasteiger partial charge < -0.3 is 0 Å². The maximum absolute atomic E-state index is 2.67.